The van der Waals surface area contributed by atoms with Crippen molar-refractivity contribution in [1.82, 2.24) is 15.3 Å². The first-order chi connectivity index (χ1) is 13.8. The number of para-hydroxylation sites is 2. The summed E-state index contributed by atoms with van der Waals surface area (Å²) in [5.41, 5.74) is 5.32. The van der Waals surface area contributed by atoms with Gasteiger partial charge in [0, 0.05) is 32.4 Å². The van der Waals surface area contributed by atoms with E-state index in [1.54, 1.807) is 12.1 Å². The summed E-state index contributed by atoms with van der Waals surface area (Å²) < 4.78 is 5.48. The Morgan fingerprint density at radius 1 is 1.04 bits per heavy atom. The van der Waals surface area contributed by atoms with E-state index in [2.05, 4.69) is 21.3 Å². The fraction of sp³-hybridized carbons (Fsp3) is 0.318. The van der Waals surface area contributed by atoms with Crippen LogP contribution in [-0.2, 0) is 4.79 Å². The van der Waals surface area contributed by atoms with Crippen molar-refractivity contribution >= 4 is 11.6 Å². The van der Waals surface area contributed by atoms with Crippen LogP contribution in [0.4, 0.5) is 5.69 Å². The molecule has 1 atom stereocenters. The maximum Gasteiger partial charge on any atom is 0.255 e. The van der Waals surface area contributed by atoms with Crippen LogP contribution >= 0.6 is 0 Å². The molecule has 146 valence electrons. The number of nitrogens with one attached hydrogen (secondary N) is 1. The van der Waals surface area contributed by atoms with Gasteiger partial charge in [-0.3, -0.25) is 9.69 Å². The first kappa shape index (κ1) is 18.4. The van der Waals surface area contributed by atoms with E-state index in [9.17, 15) is 4.79 Å². The fourth-order valence-electron chi connectivity index (χ4n) is 3.82. The molecule has 2 aliphatic heterocycles. The molecule has 1 amide bonds. The Bertz CT molecular complexity index is 831. The Balaban J connectivity index is 1.34. The van der Waals surface area contributed by atoms with Gasteiger partial charge in [0.05, 0.1) is 25.4 Å². The second kappa shape index (κ2) is 8.35. The summed E-state index contributed by atoms with van der Waals surface area (Å²) in [6.07, 6.45) is 3.86. The maximum absolute atomic E-state index is 12.9. The van der Waals surface area contributed by atoms with Gasteiger partial charge in [0.15, 0.2) is 0 Å². The third-order valence-corrected chi connectivity index (χ3v) is 5.34. The number of carbonyl (C=O) groups excluding carboxylic acids is 1. The number of hydrogen-bond donors (Lipinski definition) is 1. The van der Waals surface area contributed by atoms with Crippen LogP contribution in [0, 0.1) is 0 Å². The monoisotopic (exact) mass is 378 g/mol. The van der Waals surface area contributed by atoms with E-state index in [0.29, 0.717) is 6.54 Å². The molecule has 0 unspecified atom stereocenters. The van der Waals surface area contributed by atoms with E-state index < -0.39 is 0 Å². The summed E-state index contributed by atoms with van der Waals surface area (Å²) in [4.78, 5) is 17.4. The molecule has 2 aliphatic rings. The van der Waals surface area contributed by atoms with Crippen LogP contribution in [-0.4, -0.2) is 55.6 Å². The zero-order valence-electron chi connectivity index (χ0n) is 16.1. The van der Waals surface area contributed by atoms with Crippen molar-refractivity contribution in [2.75, 3.05) is 44.7 Å². The quantitative estimate of drug-likeness (QED) is 0.866. The average Bonchev–Trinajstić information content (AvgIpc) is 3.25. The molecule has 0 aliphatic carbocycles. The maximum atomic E-state index is 12.9. The lowest BCUT2D eigenvalue weighted by molar-refractivity contribution is -0.136. The van der Waals surface area contributed by atoms with Crippen molar-refractivity contribution in [1.29, 1.82) is 0 Å². The van der Waals surface area contributed by atoms with E-state index in [0.717, 1.165) is 43.2 Å². The molecule has 6 heteroatoms. The largest absolute Gasteiger partial charge is 0.495 e. The zero-order chi connectivity index (χ0) is 19.3. The molecule has 0 bridgehead atoms. The van der Waals surface area contributed by atoms with E-state index >= 15 is 0 Å². The van der Waals surface area contributed by atoms with E-state index in [-0.39, 0.29) is 11.9 Å². The fourth-order valence-corrected chi connectivity index (χ4v) is 3.82. The summed E-state index contributed by atoms with van der Waals surface area (Å²) in [5.74, 6) is 0.981. The molecule has 0 aromatic heterocycles. The van der Waals surface area contributed by atoms with Gasteiger partial charge in [-0.1, -0.05) is 42.5 Å². The first-order valence-corrected chi connectivity index (χ1v) is 9.66. The van der Waals surface area contributed by atoms with Gasteiger partial charge < -0.3 is 15.1 Å². The third-order valence-electron chi connectivity index (χ3n) is 5.34. The van der Waals surface area contributed by atoms with Gasteiger partial charge in [-0.2, -0.15) is 0 Å². The number of benzene rings is 2. The lowest BCUT2D eigenvalue weighted by atomic mass is 10.1. The van der Waals surface area contributed by atoms with Crippen LogP contribution in [0.5, 0.6) is 5.75 Å². The van der Waals surface area contributed by atoms with Crippen molar-refractivity contribution in [2.45, 2.75) is 6.04 Å². The minimum absolute atomic E-state index is 0.0523. The number of piperazine rings is 1. The molecule has 0 radical (unpaired) electrons. The van der Waals surface area contributed by atoms with Crippen molar-refractivity contribution in [3.8, 4) is 5.75 Å². The minimum atomic E-state index is -0.0523. The number of methoxy groups -OCH3 is 1. The van der Waals surface area contributed by atoms with Crippen LogP contribution in [0.1, 0.15) is 11.6 Å². The first-order valence-electron chi connectivity index (χ1n) is 9.66. The molecule has 2 aromatic rings. The van der Waals surface area contributed by atoms with Gasteiger partial charge in [-0.05, 0) is 23.8 Å². The van der Waals surface area contributed by atoms with Gasteiger partial charge in [0.25, 0.3) is 5.91 Å². The molecular formula is C22H26N4O2. The number of ether oxygens (including phenoxy) is 1. The minimum Gasteiger partial charge on any atom is -0.495 e. The average molecular weight is 378 g/mol. The van der Waals surface area contributed by atoms with Crippen molar-refractivity contribution in [2.24, 2.45) is 0 Å². The highest BCUT2D eigenvalue weighted by Gasteiger charge is 2.28. The molecule has 0 saturated carbocycles. The van der Waals surface area contributed by atoms with Crippen LogP contribution in [0.3, 0.4) is 0 Å². The van der Waals surface area contributed by atoms with Crippen molar-refractivity contribution in [3.63, 3.8) is 0 Å². The van der Waals surface area contributed by atoms with Gasteiger partial charge >= 0.3 is 0 Å². The van der Waals surface area contributed by atoms with Crippen LogP contribution < -0.4 is 15.1 Å². The molecule has 1 fully saturated rings. The highest BCUT2D eigenvalue weighted by molar-refractivity contribution is 5.79. The van der Waals surface area contributed by atoms with Gasteiger partial charge in [0.2, 0.25) is 0 Å². The predicted octanol–water partition coefficient (Wildman–Crippen LogP) is 2.42. The molecule has 0 spiro atoms. The lowest BCUT2D eigenvalue weighted by Gasteiger charge is -2.37. The highest BCUT2D eigenvalue weighted by Crippen LogP contribution is 2.28. The number of carbonyl (C=O) groups is 1. The SMILES string of the molecule is COc1ccccc1N1CCN(CC(=O)N2NC=C[C@H]2c2ccccc2)CC1. The van der Waals surface area contributed by atoms with E-state index in [4.69, 9.17) is 4.74 Å². The number of nitrogens with zero attached hydrogens (tertiary/aromatic N) is 3. The molecule has 4 rings (SSSR count). The van der Waals surface area contributed by atoms with Gasteiger partial charge in [-0.15, -0.1) is 0 Å². The number of anilines is 1. The van der Waals surface area contributed by atoms with Crippen LogP contribution in [0.15, 0.2) is 66.9 Å². The zero-order valence-corrected chi connectivity index (χ0v) is 16.1. The standard InChI is InChI=1S/C22H26N4O2/c1-28-21-10-6-5-9-20(21)25-15-13-24(14-16-25)17-22(27)26-19(11-12-23-26)18-7-3-2-4-8-18/h2-12,19,23H,13-17H2,1H3/t19-/m0/s1. The number of rotatable bonds is 5. The van der Waals surface area contributed by atoms with Crippen LogP contribution in [0.25, 0.3) is 0 Å². The summed E-state index contributed by atoms with van der Waals surface area (Å²) in [7, 11) is 1.70. The Kier molecular flexibility index (Phi) is 5.48. The highest BCUT2D eigenvalue weighted by atomic mass is 16.5. The molecule has 1 N–H and O–H groups in total. The van der Waals surface area contributed by atoms with Gasteiger partial charge in [-0.25, -0.2) is 5.01 Å². The third kappa shape index (κ3) is 3.82. The number of amides is 1. The molecular weight excluding hydrogens is 352 g/mol. The molecule has 1 saturated heterocycles. The second-order valence-corrected chi connectivity index (χ2v) is 7.04. The summed E-state index contributed by atoms with van der Waals surface area (Å²) in [6, 6.07) is 18.1. The van der Waals surface area contributed by atoms with E-state index in [1.165, 1.54) is 0 Å². The Labute approximate surface area is 166 Å². The summed E-state index contributed by atoms with van der Waals surface area (Å²) in [6.45, 7) is 3.86. The topological polar surface area (TPSA) is 48.1 Å². The van der Waals surface area contributed by atoms with Crippen LogP contribution in [0.2, 0.25) is 0 Å². The smallest absolute Gasteiger partial charge is 0.255 e. The lowest BCUT2D eigenvalue weighted by Crippen LogP contribution is -2.51. The summed E-state index contributed by atoms with van der Waals surface area (Å²) in [5, 5.41) is 1.72. The molecule has 2 heterocycles. The van der Waals surface area contributed by atoms with Gasteiger partial charge in [0.1, 0.15) is 5.75 Å². The van der Waals surface area contributed by atoms with E-state index in [1.807, 2.05) is 60.8 Å². The Morgan fingerprint density at radius 2 is 1.75 bits per heavy atom. The van der Waals surface area contributed by atoms with Crippen molar-refractivity contribution in [3.05, 3.63) is 72.4 Å². The number of hydrazine groups is 1. The number of hydrogen-bond acceptors (Lipinski definition) is 5. The Hall–Kier alpha value is -2.99. The van der Waals surface area contributed by atoms with Crippen molar-refractivity contribution < 1.29 is 9.53 Å². The Morgan fingerprint density at radius 3 is 2.50 bits per heavy atom. The molecule has 2 aromatic carbocycles. The summed E-state index contributed by atoms with van der Waals surface area (Å²) >= 11 is 0. The predicted molar refractivity (Wildman–Crippen MR) is 110 cm³/mol. The molecule has 6 nitrogen and oxygen atoms in total. The molecule has 28 heavy (non-hydrogen) atoms. The second-order valence-electron chi connectivity index (χ2n) is 7.04. The normalized spacial score (nSPS) is 19.5.